The second kappa shape index (κ2) is 4.57. The number of allylic oxidation sites excluding steroid dienone is 1. The van der Waals surface area contributed by atoms with Gasteiger partial charge in [0.25, 0.3) is 0 Å². The molecule has 0 fully saturated rings. The molecule has 2 heterocycles. The van der Waals surface area contributed by atoms with Gasteiger partial charge in [0.05, 0.1) is 10.7 Å². The van der Waals surface area contributed by atoms with Gasteiger partial charge in [-0.05, 0) is 22.7 Å². The Balaban J connectivity index is 2.02. The van der Waals surface area contributed by atoms with Crippen molar-refractivity contribution in [3.8, 4) is 10.6 Å². The van der Waals surface area contributed by atoms with Gasteiger partial charge < -0.3 is 0 Å². The lowest BCUT2D eigenvalue weighted by atomic mass is 10.1. The Labute approximate surface area is 119 Å². The smallest absolute Gasteiger partial charge is 0.125 e. The molecule has 0 saturated carbocycles. The summed E-state index contributed by atoms with van der Waals surface area (Å²) in [5.41, 5.74) is 1.18. The summed E-state index contributed by atoms with van der Waals surface area (Å²) in [5.74, 6) is 2.82. The molecule has 2 aromatic carbocycles. The summed E-state index contributed by atoms with van der Waals surface area (Å²) in [6.07, 6.45) is 5.60. The number of thiazole rings is 1. The van der Waals surface area contributed by atoms with Crippen molar-refractivity contribution in [3.63, 3.8) is 0 Å². The van der Waals surface area contributed by atoms with Crippen LogP contribution in [0.1, 0.15) is 0 Å². The predicted molar refractivity (Wildman–Crippen MR) is 85.2 cm³/mol. The van der Waals surface area contributed by atoms with Crippen LogP contribution in [0.2, 0.25) is 0 Å². The van der Waals surface area contributed by atoms with E-state index in [1.54, 1.807) is 17.5 Å². The van der Waals surface area contributed by atoms with Crippen molar-refractivity contribution in [2.45, 2.75) is 0 Å². The highest BCUT2D eigenvalue weighted by Gasteiger charge is 2.07. The number of rotatable bonds is 1. The summed E-state index contributed by atoms with van der Waals surface area (Å²) in [7, 11) is 0. The fourth-order valence-electron chi connectivity index (χ4n) is 2.34. The van der Waals surface area contributed by atoms with Crippen molar-refractivity contribution >= 4 is 40.3 Å². The molecule has 2 nitrogen and oxygen atoms in total. The number of aromatic nitrogens is 1. The van der Waals surface area contributed by atoms with Crippen molar-refractivity contribution in [1.82, 2.24) is 4.98 Å². The summed E-state index contributed by atoms with van der Waals surface area (Å²) < 4.78 is 1.13. The van der Waals surface area contributed by atoms with E-state index in [2.05, 4.69) is 53.3 Å². The third-order valence-corrected chi connectivity index (χ3v) is 4.34. The quantitative estimate of drug-likeness (QED) is 0.670. The molecule has 94 valence electrons. The lowest BCUT2D eigenvalue weighted by Gasteiger charge is -2.02. The molecule has 1 aliphatic heterocycles. The van der Waals surface area contributed by atoms with Crippen LogP contribution in [0.5, 0.6) is 0 Å². The minimum Gasteiger partial charge on any atom is -0.234 e. The van der Waals surface area contributed by atoms with Crippen LogP contribution in [0, 0.1) is 0 Å². The molecule has 3 heteroatoms. The number of benzene rings is 2. The van der Waals surface area contributed by atoms with Crippen LogP contribution in [0.4, 0.5) is 0 Å². The summed E-state index contributed by atoms with van der Waals surface area (Å²) in [4.78, 5) is 8.77. The Morgan fingerprint density at radius 2 is 1.90 bits per heavy atom. The minimum atomic E-state index is 0.916. The topological polar surface area (TPSA) is 25.2 Å². The molecule has 0 atom stereocenters. The van der Waals surface area contributed by atoms with E-state index in [1.807, 2.05) is 12.2 Å². The van der Waals surface area contributed by atoms with E-state index in [0.717, 1.165) is 14.9 Å². The highest BCUT2D eigenvalue weighted by atomic mass is 32.1. The molecule has 0 amide bonds. The fourth-order valence-corrected chi connectivity index (χ4v) is 3.32. The molecule has 0 radical (unpaired) electrons. The number of nitrogens with zero attached hydrogens (tertiary/aromatic N) is 2. The Morgan fingerprint density at radius 3 is 2.90 bits per heavy atom. The van der Waals surface area contributed by atoms with Crippen molar-refractivity contribution < 1.29 is 0 Å². The van der Waals surface area contributed by atoms with Gasteiger partial charge in [0, 0.05) is 11.6 Å². The summed E-state index contributed by atoms with van der Waals surface area (Å²) in [5, 5.41) is 4.42. The van der Waals surface area contributed by atoms with E-state index < -0.39 is 0 Å². The van der Waals surface area contributed by atoms with E-state index in [4.69, 9.17) is 4.98 Å². The zero-order chi connectivity index (χ0) is 13.4. The van der Waals surface area contributed by atoms with Gasteiger partial charge in [0.15, 0.2) is 0 Å². The molecule has 0 saturated heterocycles. The lowest BCUT2D eigenvalue weighted by molar-refractivity contribution is 1.31. The van der Waals surface area contributed by atoms with Crippen LogP contribution in [0.3, 0.4) is 0 Å². The zero-order valence-electron chi connectivity index (χ0n) is 10.6. The number of aliphatic imine (C=N–C) groups is 1. The van der Waals surface area contributed by atoms with Gasteiger partial charge in [-0.2, -0.15) is 0 Å². The van der Waals surface area contributed by atoms with Crippen molar-refractivity contribution in [2.24, 2.45) is 4.99 Å². The van der Waals surface area contributed by atoms with Crippen LogP contribution >= 0.6 is 11.3 Å². The fraction of sp³-hybridized carbons (Fsp3) is 0. The third kappa shape index (κ3) is 1.81. The number of fused-ring (bicyclic) bond motifs is 2. The zero-order valence-corrected chi connectivity index (χ0v) is 11.4. The third-order valence-electron chi connectivity index (χ3n) is 3.27. The van der Waals surface area contributed by atoms with Crippen molar-refractivity contribution in [3.05, 3.63) is 58.4 Å². The van der Waals surface area contributed by atoms with Crippen molar-refractivity contribution in [2.75, 3.05) is 0 Å². The molecule has 3 aromatic rings. The first-order valence-electron chi connectivity index (χ1n) is 6.36. The molecule has 20 heavy (non-hydrogen) atoms. The molecule has 1 aromatic heterocycles. The Bertz CT molecular complexity index is 946. The Morgan fingerprint density at radius 1 is 1.00 bits per heavy atom. The molecule has 0 unspecified atom stereocenters. The molecular weight excluding hydrogens is 264 g/mol. The molecule has 0 spiro atoms. The van der Waals surface area contributed by atoms with Gasteiger partial charge >= 0.3 is 0 Å². The Kier molecular flexibility index (Phi) is 2.59. The summed E-state index contributed by atoms with van der Waals surface area (Å²) >= 11 is 1.69. The average molecular weight is 274 g/mol. The molecule has 0 N–H and O–H groups in total. The van der Waals surface area contributed by atoms with Gasteiger partial charge in [0.2, 0.25) is 0 Å². The second-order valence-electron chi connectivity index (χ2n) is 4.52. The van der Waals surface area contributed by atoms with Gasteiger partial charge in [0.1, 0.15) is 10.4 Å². The van der Waals surface area contributed by atoms with Crippen molar-refractivity contribution in [1.29, 1.82) is 0 Å². The van der Waals surface area contributed by atoms with Gasteiger partial charge in [-0.3, -0.25) is 0 Å². The maximum absolute atomic E-state index is 4.71. The van der Waals surface area contributed by atoms with Gasteiger partial charge in [-0.25, -0.2) is 9.98 Å². The maximum atomic E-state index is 4.71. The summed E-state index contributed by atoms with van der Waals surface area (Å²) in [6, 6.07) is 14.7. The van der Waals surface area contributed by atoms with E-state index >= 15 is 0 Å². The summed E-state index contributed by atoms with van der Waals surface area (Å²) in [6.45, 7) is 0. The largest absolute Gasteiger partial charge is 0.234 e. The first-order valence-corrected chi connectivity index (χ1v) is 7.17. The monoisotopic (exact) mass is 274 g/mol. The maximum Gasteiger partial charge on any atom is 0.125 e. The molecule has 4 rings (SSSR count). The highest BCUT2D eigenvalue weighted by molar-refractivity contribution is 7.13. The van der Waals surface area contributed by atoms with Crippen LogP contribution in [0.15, 0.2) is 53.5 Å². The highest BCUT2D eigenvalue weighted by Crippen LogP contribution is 2.27. The first kappa shape index (κ1) is 11.4. The minimum absolute atomic E-state index is 0.916. The predicted octanol–water partition coefficient (Wildman–Crippen LogP) is 2.72. The van der Waals surface area contributed by atoms with E-state index in [1.165, 1.54) is 16.3 Å². The second-order valence-corrected chi connectivity index (χ2v) is 5.55. The number of hydrogen-bond acceptors (Lipinski definition) is 3. The molecule has 0 bridgehead atoms. The standard InChI is InChI=1S/C17H10N2S/c1-2-7-13-12(5-1)6-3-8-14(13)17-19-15-11-18-10-4-9-16(15)20-17/h1-9,11H. The van der Waals surface area contributed by atoms with E-state index in [0.29, 0.717) is 0 Å². The molecule has 0 aliphatic carbocycles. The average Bonchev–Trinajstić information content (AvgIpc) is 2.77. The van der Waals surface area contributed by atoms with Gasteiger partial charge in [-0.1, -0.05) is 42.5 Å². The van der Waals surface area contributed by atoms with Crippen LogP contribution in [0.25, 0.3) is 33.6 Å². The van der Waals surface area contributed by atoms with E-state index in [-0.39, 0.29) is 0 Å². The SMILES string of the molecule is C1=CC=c2sc(-c3cccc4ccccc34)nc2=CN=1. The normalized spacial score (nSPS) is 12.6. The van der Waals surface area contributed by atoms with Crippen LogP contribution in [-0.4, -0.2) is 10.9 Å². The Hall–Kier alpha value is -2.48. The lowest BCUT2D eigenvalue weighted by Crippen LogP contribution is -2.19. The number of hydrogen-bond donors (Lipinski definition) is 0. The molecule has 1 aliphatic rings. The van der Waals surface area contributed by atoms with Gasteiger partial charge in [-0.15, -0.1) is 11.3 Å². The van der Waals surface area contributed by atoms with E-state index in [9.17, 15) is 0 Å². The van der Waals surface area contributed by atoms with Crippen LogP contribution in [-0.2, 0) is 0 Å². The first-order chi connectivity index (χ1) is 9.92. The van der Waals surface area contributed by atoms with Crippen LogP contribution < -0.4 is 9.88 Å². The molecular formula is C17H10N2S.